The molecule has 17 heavy (non-hydrogen) atoms. The zero-order valence-corrected chi connectivity index (χ0v) is 9.81. The molecule has 96 valence electrons. The fourth-order valence-electron chi connectivity index (χ4n) is 2.00. The Kier molecular flexibility index (Phi) is 4.33. The van der Waals surface area contributed by atoms with Crippen LogP contribution in [-0.4, -0.2) is 62.3 Å². The van der Waals surface area contributed by atoms with Crippen molar-refractivity contribution < 1.29 is 19.1 Å². The summed E-state index contributed by atoms with van der Waals surface area (Å²) < 4.78 is 10.3. The number of amides is 2. The van der Waals surface area contributed by atoms with Crippen molar-refractivity contribution >= 4 is 11.8 Å². The molecule has 0 saturated carbocycles. The van der Waals surface area contributed by atoms with Gasteiger partial charge in [0.15, 0.2) is 0 Å². The minimum atomic E-state index is -0.296. The third kappa shape index (κ3) is 3.41. The summed E-state index contributed by atoms with van der Waals surface area (Å²) in [6.07, 6.45) is 1.44. The van der Waals surface area contributed by atoms with Gasteiger partial charge in [0.2, 0.25) is 11.8 Å². The standard InChI is InChI=1S/C11H18N2O4/c14-10-8-16-7-5-13(10)4-3-12-11(15)9-2-1-6-17-9/h9H,1-8H2,(H,12,15). The van der Waals surface area contributed by atoms with E-state index in [2.05, 4.69) is 5.32 Å². The summed E-state index contributed by atoms with van der Waals surface area (Å²) in [5.41, 5.74) is 0. The molecule has 1 N–H and O–H groups in total. The molecule has 2 saturated heterocycles. The van der Waals surface area contributed by atoms with Crippen molar-refractivity contribution in [1.29, 1.82) is 0 Å². The van der Waals surface area contributed by atoms with E-state index in [1.54, 1.807) is 4.90 Å². The molecule has 0 aliphatic carbocycles. The van der Waals surface area contributed by atoms with Crippen molar-refractivity contribution in [3.63, 3.8) is 0 Å². The Morgan fingerprint density at radius 1 is 1.47 bits per heavy atom. The minimum absolute atomic E-state index is 0.0115. The van der Waals surface area contributed by atoms with Crippen molar-refractivity contribution in [3.8, 4) is 0 Å². The Morgan fingerprint density at radius 2 is 2.35 bits per heavy atom. The molecule has 2 amide bonds. The van der Waals surface area contributed by atoms with E-state index in [0.29, 0.717) is 32.8 Å². The average Bonchev–Trinajstić information content (AvgIpc) is 2.85. The predicted molar refractivity (Wildman–Crippen MR) is 59.4 cm³/mol. The van der Waals surface area contributed by atoms with Crippen LogP contribution >= 0.6 is 0 Å². The van der Waals surface area contributed by atoms with Crippen LogP contribution in [-0.2, 0) is 19.1 Å². The van der Waals surface area contributed by atoms with E-state index in [9.17, 15) is 9.59 Å². The zero-order chi connectivity index (χ0) is 12.1. The van der Waals surface area contributed by atoms with E-state index < -0.39 is 0 Å². The Hall–Kier alpha value is -1.14. The molecule has 0 spiro atoms. The van der Waals surface area contributed by atoms with Crippen LogP contribution in [0.25, 0.3) is 0 Å². The van der Waals surface area contributed by atoms with Gasteiger partial charge in [0.25, 0.3) is 0 Å². The van der Waals surface area contributed by atoms with Crippen LogP contribution in [0.3, 0.4) is 0 Å². The largest absolute Gasteiger partial charge is 0.370 e. The van der Waals surface area contributed by atoms with Crippen molar-refractivity contribution in [2.75, 3.05) is 39.5 Å². The van der Waals surface area contributed by atoms with Crippen LogP contribution in [0.15, 0.2) is 0 Å². The molecule has 6 nitrogen and oxygen atoms in total. The number of nitrogens with one attached hydrogen (secondary N) is 1. The molecule has 1 atom stereocenters. The summed E-state index contributed by atoms with van der Waals surface area (Å²) in [6.45, 7) is 3.02. The molecule has 0 radical (unpaired) electrons. The second-order valence-electron chi connectivity index (χ2n) is 4.23. The van der Waals surface area contributed by atoms with Gasteiger partial charge in [-0.25, -0.2) is 0 Å². The Morgan fingerprint density at radius 3 is 3.06 bits per heavy atom. The maximum atomic E-state index is 11.6. The highest BCUT2D eigenvalue weighted by Gasteiger charge is 2.23. The first-order chi connectivity index (χ1) is 8.27. The number of carbonyl (C=O) groups is 2. The van der Waals surface area contributed by atoms with Gasteiger partial charge in [-0.3, -0.25) is 9.59 Å². The first kappa shape index (κ1) is 12.3. The van der Waals surface area contributed by atoms with E-state index in [1.807, 2.05) is 0 Å². The van der Waals surface area contributed by atoms with Crippen LogP contribution in [0.5, 0.6) is 0 Å². The summed E-state index contributed by atoms with van der Waals surface area (Å²) in [6, 6.07) is 0. The monoisotopic (exact) mass is 242 g/mol. The lowest BCUT2D eigenvalue weighted by molar-refractivity contribution is -0.143. The number of ether oxygens (including phenoxy) is 2. The number of hydrogen-bond donors (Lipinski definition) is 1. The highest BCUT2D eigenvalue weighted by atomic mass is 16.5. The van der Waals surface area contributed by atoms with Crippen LogP contribution in [0.2, 0.25) is 0 Å². The number of rotatable bonds is 4. The highest BCUT2D eigenvalue weighted by molar-refractivity contribution is 5.81. The Labute approximate surface area is 100 Å². The molecule has 2 heterocycles. The molecule has 2 aliphatic rings. The predicted octanol–water partition coefficient (Wildman–Crippen LogP) is -0.860. The first-order valence-electron chi connectivity index (χ1n) is 6.02. The van der Waals surface area contributed by atoms with Gasteiger partial charge in [0.05, 0.1) is 6.61 Å². The quantitative estimate of drug-likeness (QED) is 0.696. The van der Waals surface area contributed by atoms with Gasteiger partial charge in [-0.05, 0) is 12.8 Å². The second-order valence-corrected chi connectivity index (χ2v) is 4.23. The van der Waals surface area contributed by atoms with Gasteiger partial charge in [0, 0.05) is 26.2 Å². The van der Waals surface area contributed by atoms with E-state index >= 15 is 0 Å². The maximum Gasteiger partial charge on any atom is 0.249 e. The Balaban J connectivity index is 1.64. The summed E-state index contributed by atoms with van der Waals surface area (Å²) in [7, 11) is 0. The molecule has 0 bridgehead atoms. The fraction of sp³-hybridized carbons (Fsp3) is 0.818. The van der Waals surface area contributed by atoms with Crippen LogP contribution < -0.4 is 5.32 Å². The highest BCUT2D eigenvalue weighted by Crippen LogP contribution is 2.11. The number of nitrogens with zero attached hydrogens (tertiary/aromatic N) is 1. The SMILES string of the molecule is O=C(NCCN1CCOCC1=O)C1CCCO1. The molecule has 0 aromatic rings. The third-order valence-corrected chi connectivity index (χ3v) is 2.99. The molecule has 6 heteroatoms. The summed E-state index contributed by atoms with van der Waals surface area (Å²) in [5.74, 6) is -0.0779. The normalized spacial score (nSPS) is 25.1. The zero-order valence-electron chi connectivity index (χ0n) is 9.81. The van der Waals surface area contributed by atoms with E-state index in [0.717, 1.165) is 12.8 Å². The summed E-state index contributed by atoms with van der Waals surface area (Å²) in [4.78, 5) is 24.7. The molecule has 0 aromatic heterocycles. The van der Waals surface area contributed by atoms with Crippen molar-refractivity contribution in [1.82, 2.24) is 10.2 Å². The average molecular weight is 242 g/mol. The lowest BCUT2D eigenvalue weighted by Gasteiger charge is -2.26. The van der Waals surface area contributed by atoms with Crippen molar-refractivity contribution in [2.24, 2.45) is 0 Å². The molecule has 2 fully saturated rings. The minimum Gasteiger partial charge on any atom is -0.370 e. The molecular formula is C11H18N2O4. The third-order valence-electron chi connectivity index (χ3n) is 2.99. The van der Waals surface area contributed by atoms with Gasteiger partial charge in [0.1, 0.15) is 12.7 Å². The molecule has 2 aliphatic heterocycles. The summed E-state index contributed by atoms with van der Waals surface area (Å²) >= 11 is 0. The smallest absolute Gasteiger partial charge is 0.249 e. The molecule has 0 aromatic carbocycles. The lowest BCUT2D eigenvalue weighted by Crippen LogP contribution is -2.46. The van der Waals surface area contributed by atoms with Gasteiger partial charge in [-0.2, -0.15) is 0 Å². The van der Waals surface area contributed by atoms with E-state index in [4.69, 9.17) is 9.47 Å². The maximum absolute atomic E-state index is 11.6. The van der Waals surface area contributed by atoms with Gasteiger partial charge >= 0.3 is 0 Å². The lowest BCUT2D eigenvalue weighted by atomic mass is 10.2. The van der Waals surface area contributed by atoms with Crippen LogP contribution in [0.4, 0.5) is 0 Å². The summed E-state index contributed by atoms with van der Waals surface area (Å²) in [5, 5.41) is 2.79. The van der Waals surface area contributed by atoms with E-state index in [-0.39, 0.29) is 24.5 Å². The topological polar surface area (TPSA) is 67.9 Å². The fourth-order valence-corrected chi connectivity index (χ4v) is 2.00. The van der Waals surface area contributed by atoms with Crippen molar-refractivity contribution in [3.05, 3.63) is 0 Å². The molecule has 2 rings (SSSR count). The van der Waals surface area contributed by atoms with Crippen LogP contribution in [0.1, 0.15) is 12.8 Å². The Bertz CT molecular complexity index is 289. The molecule has 1 unspecified atom stereocenters. The van der Waals surface area contributed by atoms with Gasteiger partial charge < -0.3 is 19.7 Å². The number of carbonyl (C=O) groups excluding carboxylic acids is 2. The number of hydrogen-bond acceptors (Lipinski definition) is 4. The van der Waals surface area contributed by atoms with Crippen molar-refractivity contribution in [2.45, 2.75) is 18.9 Å². The van der Waals surface area contributed by atoms with Crippen LogP contribution in [0, 0.1) is 0 Å². The first-order valence-corrected chi connectivity index (χ1v) is 6.02. The molecular weight excluding hydrogens is 224 g/mol. The van der Waals surface area contributed by atoms with E-state index in [1.165, 1.54) is 0 Å². The van der Waals surface area contributed by atoms with Gasteiger partial charge in [-0.15, -0.1) is 0 Å². The second kappa shape index (κ2) is 5.97. The number of morpholine rings is 1. The van der Waals surface area contributed by atoms with Gasteiger partial charge in [-0.1, -0.05) is 0 Å².